The molecular formula is C42H24BN3O. The lowest BCUT2D eigenvalue weighted by Gasteiger charge is -2.46. The van der Waals surface area contributed by atoms with Gasteiger partial charge in [-0.2, -0.15) is 0 Å². The van der Waals surface area contributed by atoms with Crippen LogP contribution in [0.15, 0.2) is 150 Å². The quantitative estimate of drug-likeness (QED) is 0.186. The fourth-order valence-corrected chi connectivity index (χ4v) is 8.92. The second-order valence-electron chi connectivity index (χ2n) is 12.9. The zero-order valence-corrected chi connectivity index (χ0v) is 25.2. The number of hydrogen-bond acceptors (Lipinski definition) is 3. The highest BCUT2D eigenvalue weighted by Gasteiger charge is 2.48. The number of para-hydroxylation sites is 3. The van der Waals surface area contributed by atoms with Crippen LogP contribution in [-0.4, -0.2) is 11.3 Å². The maximum Gasteiger partial charge on any atom is 0.257 e. The molecule has 5 heteroatoms. The Bertz CT molecular complexity index is 2800. The predicted molar refractivity (Wildman–Crippen MR) is 196 cm³/mol. The Kier molecular flexibility index (Phi) is 4.27. The zero-order chi connectivity index (χ0) is 30.4. The van der Waals surface area contributed by atoms with Gasteiger partial charge in [0.05, 0.1) is 11.0 Å². The molecule has 0 saturated heterocycles. The van der Waals surface area contributed by atoms with Gasteiger partial charge in [0, 0.05) is 61.4 Å². The van der Waals surface area contributed by atoms with Crippen LogP contribution in [-0.2, 0) is 0 Å². The van der Waals surface area contributed by atoms with Crippen LogP contribution in [0.4, 0.5) is 34.1 Å². The Morgan fingerprint density at radius 2 is 1.00 bits per heavy atom. The van der Waals surface area contributed by atoms with E-state index >= 15 is 0 Å². The molecule has 47 heavy (non-hydrogen) atoms. The molecular weight excluding hydrogens is 573 g/mol. The first-order valence-electron chi connectivity index (χ1n) is 16.2. The van der Waals surface area contributed by atoms with Crippen molar-refractivity contribution in [3.05, 3.63) is 146 Å². The third-order valence-corrected chi connectivity index (χ3v) is 10.7. The average molecular weight is 597 g/mol. The lowest BCUT2D eigenvalue weighted by Crippen LogP contribution is -2.64. The molecule has 216 valence electrons. The van der Waals surface area contributed by atoms with E-state index in [1.807, 2.05) is 6.07 Å². The van der Waals surface area contributed by atoms with Crippen LogP contribution in [0.25, 0.3) is 49.4 Å². The number of aromatic nitrogens is 1. The van der Waals surface area contributed by atoms with Gasteiger partial charge < -0.3 is 18.8 Å². The normalized spacial score (nSPS) is 13.8. The van der Waals surface area contributed by atoms with E-state index in [-0.39, 0.29) is 6.71 Å². The average Bonchev–Trinajstić information content (AvgIpc) is 3.66. The highest BCUT2D eigenvalue weighted by molar-refractivity contribution is 7.02. The summed E-state index contributed by atoms with van der Waals surface area (Å²) >= 11 is 0. The summed E-state index contributed by atoms with van der Waals surface area (Å²) in [5.74, 6) is 0. The van der Waals surface area contributed by atoms with Crippen LogP contribution in [0.1, 0.15) is 0 Å². The van der Waals surface area contributed by atoms with Crippen molar-refractivity contribution in [3.8, 4) is 5.69 Å². The summed E-state index contributed by atoms with van der Waals surface area (Å²) < 4.78 is 8.98. The van der Waals surface area contributed by atoms with Crippen molar-refractivity contribution < 1.29 is 4.42 Å². The van der Waals surface area contributed by atoms with Crippen molar-refractivity contribution in [1.29, 1.82) is 0 Å². The Morgan fingerprint density at radius 1 is 0.404 bits per heavy atom. The second kappa shape index (κ2) is 8.33. The second-order valence-corrected chi connectivity index (χ2v) is 12.9. The molecule has 9 aromatic rings. The molecule has 7 aromatic carbocycles. The molecule has 3 aliphatic heterocycles. The van der Waals surface area contributed by atoms with E-state index in [9.17, 15) is 0 Å². The van der Waals surface area contributed by atoms with E-state index in [0.29, 0.717) is 0 Å². The van der Waals surface area contributed by atoms with E-state index in [0.717, 1.165) is 33.3 Å². The molecule has 0 aliphatic carbocycles. The Morgan fingerprint density at radius 3 is 1.70 bits per heavy atom. The fourth-order valence-electron chi connectivity index (χ4n) is 8.92. The lowest BCUT2D eigenvalue weighted by molar-refractivity contribution is 0.669. The number of rotatable bonds is 2. The molecule has 0 N–H and O–H groups in total. The van der Waals surface area contributed by atoms with Crippen LogP contribution >= 0.6 is 0 Å². The largest absolute Gasteiger partial charge is 0.456 e. The molecule has 0 fully saturated rings. The molecule has 0 atom stereocenters. The van der Waals surface area contributed by atoms with Crippen molar-refractivity contribution in [1.82, 2.24) is 4.57 Å². The monoisotopic (exact) mass is 597 g/mol. The summed E-state index contributed by atoms with van der Waals surface area (Å²) in [7, 11) is 0. The predicted octanol–water partition coefficient (Wildman–Crippen LogP) is 9.08. The maximum atomic E-state index is 6.43. The van der Waals surface area contributed by atoms with Crippen molar-refractivity contribution in [2.45, 2.75) is 0 Å². The molecule has 5 heterocycles. The van der Waals surface area contributed by atoms with Crippen LogP contribution < -0.4 is 26.2 Å². The summed E-state index contributed by atoms with van der Waals surface area (Å²) in [5.41, 5.74) is 17.0. The Hall–Kier alpha value is -6.20. The summed E-state index contributed by atoms with van der Waals surface area (Å²) in [4.78, 5) is 4.95. The van der Waals surface area contributed by atoms with Crippen LogP contribution in [0.3, 0.4) is 0 Å². The summed E-state index contributed by atoms with van der Waals surface area (Å²) in [6.45, 7) is 0.103. The number of benzene rings is 7. The fraction of sp³-hybridized carbons (Fsp3) is 0. The van der Waals surface area contributed by atoms with Crippen molar-refractivity contribution in [3.63, 3.8) is 0 Å². The number of hydrogen-bond donors (Lipinski definition) is 0. The molecule has 0 unspecified atom stereocenters. The molecule has 3 aliphatic rings. The Labute approximate surface area is 270 Å². The molecule has 2 aromatic heterocycles. The number of fused-ring (bicyclic) bond motifs is 7. The first-order valence-corrected chi connectivity index (χ1v) is 16.2. The molecule has 4 nitrogen and oxygen atoms in total. The Balaban J connectivity index is 1.30. The van der Waals surface area contributed by atoms with Gasteiger partial charge in [0.25, 0.3) is 6.71 Å². The SMILES string of the molecule is c1ccc(N2c3cccc4c3B3c5c2cccc5-n2c5cc6c(cc5c5ccc(c3c52)N4c2ccccc2)oc2ccccc26)cc1. The van der Waals surface area contributed by atoms with Crippen molar-refractivity contribution in [2.24, 2.45) is 0 Å². The molecule has 0 saturated carbocycles. The number of nitrogens with zero attached hydrogens (tertiary/aromatic N) is 3. The van der Waals surface area contributed by atoms with Crippen molar-refractivity contribution in [2.75, 3.05) is 9.80 Å². The van der Waals surface area contributed by atoms with Gasteiger partial charge >= 0.3 is 0 Å². The topological polar surface area (TPSA) is 24.6 Å². The third kappa shape index (κ3) is 2.83. The standard InChI is InChI=1S/C42H24BN3O/c1-3-11-25(12-4-1)44-31-16-9-17-32-39(31)43-40-33(44)18-10-19-34(40)46-36-23-30-27-15-7-8-20-37(27)47-38(30)24-29(36)28-21-22-35(41(43)42(28)46)45(32)26-13-5-2-6-14-26/h1-24H. The first-order chi connectivity index (χ1) is 23.3. The van der Waals surface area contributed by atoms with Gasteiger partial charge in [-0.05, 0) is 89.2 Å². The smallest absolute Gasteiger partial charge is 0.257 e. The summed E-state index contributed by atoms with van der Waals surface area (Å²) in [5, 5.41) is 4.78. The summed E-state index contributed by atoms with van der Waals surface area (Å²) in [6.07, 6.45) is 0. The van der Waals surface area contributed by atoms with Gasteiger partial charge in [-0.3, -0.25) is 0 Å². The molecule has 0 radical (unpaired) electrons. The van der Waals surface area contributed by atoms with Crippen molar-refractivity contribution >= 4 is 101 Å². The van der Waals surface area contributed by atoms with E-state index in [1.165, 1.54) is 66.6 Å². The lowest BCUT2D eigenvalue weighted by atomic mass is 9.32. The first kappa shape index (κ1) is 24.1. The number of anilines is 6. The minimum atomic E-state index is 0.103. The highest BCUT2D eigenvalue weighted by Crippen LogP contribution is 2.48. The van der Waals surface area contributed by atoms with E-state index in [2.05, 4.69) is 154 Å². The van der Waals surface area contributed by atoms with Gasteiger partial charge in [-0.15, -0.1) is 0 Å². The van der Waals surface area contributed by atoms with Gasteiger partial charge in [0.2, 0.25) is 0 Å². The molecule has 0 amide bonds. The molecule has 0 bridgehead atoms. The number of furan rings is 1. The minimum absolute atomic E-state index is 0.103. The molecule has 0 spiro atoms. The third-order valence-electron chi connectivity index (χ3n) is 10.7. The minimum Gasteiger partial charge on any atom is -0.456 e. The van der Waals surface area contributed by atoms with Crippen LogP contribution in [0, 0.1) is 0 Å². The van der Waals surface area contributed by atoms with Gasteiger partial charge in [0.1, 0.15) is 11.2 Å². The maximum absolute atomic E-state index is 6.43. The van der Waals surface area contributed by atoms with Gasteiger partial charge in [-0.1, -0.05) is 72.8 Å². The zero-order valence-electron chi connectivity index (χ0n) is 25.2. The summed E-state index contributed by atoms with van der Waals surface area (Å²) in [6, 6.07) is 53.0. The van der Waals surface area contributed by atoms with E-state index < -0.39 is 0 Å². The van der Waals surface area contributed by atoms with E-state index in [1.54, 1.807) is 0 Å². The van der Waals surface area contributed by atoms with Gasteiger partial charge in [-0.25, -0.2) is 0 Å². The van der Waals surface area contributed by atoms with Gasteiger partial charge in [0.15, 0.2) is 0 Å². The van der Waals surface area contributed by atoms with Crippen LogP contribution in [0.2, 0.25) is 0 Å². The van der Waals surface area contributed by atoms with E-state index in [4.69, 9.17) is 4.42 Å². The highest BCUT2D eigenvalue weighted by atomic mass is 16.3. The molecule has 12 rings (SSSR count). The van der Waals surface area contributed by atoms with Crippen LogP contribution in [0.5, 0.6) is 0 Å².